The van der Waals surface area contributed by atoms with Crippen LogP contribution < -0.4 is 17.2 Å². The highest BCUT2D eigenvalue weighted by Crippen LogP contribution is 2.27. The zero-order chi connectivity index (χ0) is 13.4. The molecule has 1 unspecified atom stereocenters. The fourth-order valence-corrected chi connectivity index (χ4v) is 1.92. The molecule has 100 valence electrons. The predicted molar refractivity (Wildman–Crippen MR) is 62.6 cm³/mol. The van der Waals surface area contributed by atoms with Gasteiger partial charge in [-0.3, -0.25) is 4.57 Å². The van der Waals surface area contributed by atoms with Gasteiger partial charge >= 0.3 is 5.69 Å². The molecule has 0 spiro atoms. The van der Waals surface area contributed by atoms with Crippen LogP contribution in [0.3, 0.4) is 0 Å². The summed E-state index contributed by atoms with van der Waals surface area (Å²) in [4.78, 5) is 15.3. The van der Waals surface area contributed by atoms with E-state index in [2.05, 4.69) is 4.98 Å². The number of anilines is 1. The van der Waals surface area contributed by atoms with Crippen LogP contribution in [-0.4, -0.2) is 44.6 Å². The molecule has 0 radical (unpaired) electrons. The molecule has 0 bridgehead atoms. The van der Waals surface area contributed by atoms with Crippen molar-refractivity contribution in [3.05, 3.63) is 22.2 Å². The van der Waals surface area contributed by atoms with Gasteiger partial charge in [0.05, 0.1) is 12.6 Å². The number of nitrogen functional groups attached to an aromatic ring is 1. The Morgan fingerprint density at radius 1 is 1.61 bits per heavy atom. The van der Waals surface area contributed by atoms with Crippen LogP contribution in [0, 0.1) is 6.92 Å². The van der Waals surface area contributed by atoms with Gasteiger partial charge in [-0.05, 0) is 6.92 Å². The van der Waals surface area contributed by atoms with Crippen molar-refractivity contribution in [1.82, 2.24) is 9.55 Å². The Morgan fingerprint density at radius 3 is 2.83 bits per heavy atom. The first-order chi connectivity index (χ1) is 8.45. The lowest BCUT2D eigenvalue weighted by Crippen LogP contribution is -2.42. The van der Waals surface area contributed by atoms with Crippen molar-refractivity contribution < 1.29 is 14.9 Å². The molecule has 0 amide bonds. The molecule has 1 fully saturated rings. The number of nitrogens with zero attached hydrogens (tertiary/aromatic N) is 2. The maximum atomic E-state index is 11.7. The normalized spacial score (nSPS) is 31.8. The highest BCUT2D eigenvalue weighted by molar-refractivity contribution is 5.35. The van der Waals surface area contributed by atoms with E-state index in [1.165, 1.54) is 6.20 Å². The molecule has 4 atom stereocenters. The SMILES string of the molecule is Cc1cn([C@@H]2O[C@H](CO)C(N)[C@@H]2O)c(=O)nc1N. The molecule has 6 N–H and O–H groups in total. The molecule has 0 aliphatic carbocycles. The van der Waals surface area contributed by atoms with Crippen molar-refractivity contribution in [2.75, 3.05) is 12.3 Å². The highest BCUT2D eigenvalue weighted by Gasteiger charge is 2.42. The summed E-state index contributed by atoms with van der Waals surface area (Å²) in [6, 6.07) is -0.759. The van der Waals surface area contributed by atoms with Crippen LogP contribution >= 0.6 is 0 Å². The topological polar surface area (TPSA) is 137 Å². The van der Waals surface area contributed by atoms with Gasteiger partial charge in [0.2, 0.25) is 0 Å². The number of aromatic nitrogens is 2. The Bertz CT molecular complexity index is 503. The zero-order valence-electron chi connectivity index (χ0n) is 9.85. The van der Waals surface area contributed by atoms with E-state index >= 15 is 0 Å². The molecule has 1 aliphatic heterocycles. The van der Waals surface area contributed by atoms with E-state index in [1.807, 2.05) is 0 Å². The van der Waals surface area contributed by atoms with Gasteiger partial charge in [-0.15, -0.1) is 0 Å². The average molecular weight is 256 g/mol. The smallest absolute Gasteiger partial charge is 0.351 e. The standard InChI is InChI=1S/C10H16N4O4/c1-4-2-14(10(17)13-8(4)12)9-7(16)6(11)5(3-15)18-9/h2,5-7,9,15-16H,3,11H2,1H3,(H2,12,13,17)/t5-,6?,7+,9-/m1/s1. The van der Waals surface area contributed by atoms with E-state index in [4.69, 9.17) is 21.3 Å². The Balaban J connectivity index is 2.39. The van der Waals surface area contributed by atoms with Gasteiger partial charge < -0.3 is 26.4 Å². The van der Waals surface area contributed by atoms with E-state index in [9.17, 15) is 9.90 Å². The Hall–Kier alpha value is -1.48. The van der Waals surface area contributed by atoms with Gasteiger partial charge in [0.15, 0.2) is 6.23 Å². The third kappa shape index (κ3) is 1.99. The average Bonchev–Trinajstić information content (AvgIpc) is 2.61. The Morgan fingerprint density at radius 2 is 2.28 bits per heavy atom. The summed E-state index contributed by atoms with van der Waals surface area (Å²) in [5.74, 6) is 0.131. The lowest BCUT2D eigenvalue weighted by atomic mass is 10.1. The molecular weight excluding hydrogens is 240 g/mol. The fourth-order valence-electron chi connectivity index (χ4n) is 1.92. The van der Waals surface area contributed by atoms with Crippen LogP contribution in [0.4, 0.5) is 5.82 Å². The van der Waals surface area contributed by atoms with Crippen molar-refractivity contribution in [2.24, 2.45) is 5.73 Å². The largest absolute Gasteiger partial charge is 0.394 e. The van der Waals surface area contributed by atoms with Crippen LogP contribution in [-0.2, 0) is 4.74 Å². The number of hydrogen-bond acceptors (Lipinski definition) is 7. The molecular formula is C10H16N4O4. The summed E-state index contributed by atoms with van der Waals surface area (Å²) >= 11 is 0. The second-order valence-corrected chi connectivity index (χ2v) is 4.31. The van der Waals surface area contributed by atoms with Gasteiger partial charge in [0.1, 0.15) is 18.0 Å². The monoisotopic (exact) mass is 256 g/mol. The molecule has 1 aliphatic rings. The minimum Gasteiger partial charge on any atom is -0.394 e. The number of ether oxygens (including phenoxy) is 1. The van der Waals surface area contributed by atoms with Gasteiger partial charge in [-0.2, -0.15) is 4.98 Å². The van der Waals surface area contributed by atoms with Gasteiger partial charge in [-0.1, -0.05) is 0 Å². The van der Waals surface area contributed by atoms with Crippen molar-refractivity contribution in [3.8, 4) is 0 Å². The number of aryl methyl sites for hydroxylation is 1. The summed E-state index contributed by atoms with van der Waals surface area (Å²) in [6.07, 6.45) is -1.32. The van der Waals surface area contributed by atoms with Crippen molar-refractivity contribution in [2.45, 2.75) is 31.4 Å². The molecule has 1 aromatic rings. The lowest BCUT2D eigenvalue weighted by Gasteiger charge is -2.18. The number of aliphatic hydroxyl groups is 2. The summed E-state index contributed by atoms with van der Waals surface area (Å²) in [5.41, 5.74) is 11.2. The fraction of sp³-hybridized carbons (Fsp3) is 0.600. The predicted octanol–water partition coefficient (Wildman–Crippen LogP) is -2.29. The van der Waals surface area contributed by atoms with E-state index in [-0.39, 0.29) is 12.4 Å². The van der Waals surface area contributed by atoms with E-state index in [0.717, 1.165) is 4.57 Å². The third-order valence-corrected chi connectivity index (χ3v) is 3.06. The Labute approximate surface area is 103 Å². The van der Waals surface area contributed by atoms with Gasteiger partial charge in [-0.25, -0.2) is 4.79 Å². The zero-order valence-corrected chi connectivity index (χ0v) is 9.85. The maximum Gasteiger partial charge on any atom is 0.351 e. The third-order valence-electron chi connectivity index (χ3n) is 3.06. The van der Waals surface area contributed by atoms with Crippen molar-refractivity contribution in [3.63, 3.8) is 0 Å². The summed E-state index contributed by atoms with van der Waals surface area (Å²) < 4.78 is 6.48. The minimum absolute atomic E-state index is 0.131. The first kappa shape index (κ1) is 13.0. The lowest BCUT2D eigenvalue weighted by molar-refractivity contribution is -0.0531. The first-order valence-corrected chi connectivity index (χ1v) is 5.51. The molecule has 8 nitrogen and oxygen atoms in total. The first-order valence-electron chi connectivity index (χ1n) is 5.51. The van der Waals surface area contributed by atoms with E-state index in [0.29, 0.717) is 5.56 Å². The molecule has 2 heterocycles. The molecule has 0 aromatic carbocycles. The number of nitrogens with two attached hydrogens (primary N) is 2. The van der Waals surface area contributed by atoms with Crippen molar-refractivity contribution >= 4 is 5.82 Å². The van der Waals surface area contributed by atoms with Crippen LogP contribution in [0.25, 0.3) is 0 Å². The summed E-state index contributed by atoms with van der Waals surface area (Å²) in [6.45, 7) is 1.36. The quantitative estimate of drug-likeness (QED) is 0.467. The molecule has 2 rings (SSSR count). The van der Waals surface area contributed by atoms with Gasteiger partial charge in [0, 0.05) is 11.8 Å². The van der Waals surface area contributed by atoms with Crippen molar-refractivity contribution in [1.29, 1.82) is 0 Å². The molecule has 0 saturated carbocycles. The van der Waals surface area contributed by atoms with E-state index < -0.39 is 30.2 Å². The molecule has 18 heavy (non-hydrogen) atoms. The summed E-state index contributed by atoms with van der Waals surface area (Å²) in [5, 5.41) is 19.0. The Kier molecular flexibility index (Phi) is 3.35. The molecule has 1 saturated heterocycles. The van der Waals surface area contributed by atoms with Gasteiger partial charge in [0.25, 0.3) is 0 Å². The van der Waals surface area contributed by atoms with Crippen LogP contribution in [0.15, 0.2) is 11.0 Å². The molecule has 1 aromatic heterocycles. The highest BCUT2D eigenvalue weighted by atomic mass is 16.5. The van der Waals surface area contributed by atoms with Crippen LogP contribution in [0.5, 0.6) is 0 Å². The maximum absolute atomic E-state index is 11.7. The number of hydrogen-bond donors (Lipinski definition) is 4. The second kappa shape index (κ2) is 4.65. The minimum atomic E-state index is -1.09. The van der Waals surface area contributed by atoms with Crippen LogP contribution in [0.1, 0.15) is 11.8 Å². The van der Waals surface area contributed by atoms with Crippen LogP contribution in [0.2, 0.25) is 0 Å². The number of aliphatic hydroxyl groups excluding tert-OH is 2. The molecule has 8 heteroatoms. The summed E-state index contributed by atoms with van der Waals surface area (Å²) in [7, 11) is 0. The van der Waals surface area contributed by atoms with E-state index in [1.54, 1.807) is 6.92 Å². The second-order valence-electron chi connectivity index (χ2n) is 4.31. The number of rotatable bonds is 2.